The van der Waals surface area contributed by atoms with E-state index in [4.69, 9.17) is 16.2 Å². The smallest absolute Gasteiger partial charge is 0.323 e. The number of carboxylic acids is 1. The number of amides is 1. The van der Waals surface area contributed by atoms with Gasteiger partial charge in [-0.1, -0.05) is 17.9 Å². The summed E-state index contributed by atoms with van der Waals surface area (Å²) >= 11 is 0. The van der Waals surface area contributed by atoms with Gasteiger partial charge in [0, 0.05) is 23.2 Å². The topological polar surface area (TPSA) is 107 Å². The van der Waals surface area contributed by atoms with Gasteiger partial charge in [0.25, 0.3) is 5.91 Å². The van der Waals surface area contributed by atoms with Gasteiger partial charge in [-0.05, 0) is 54.7 Å². The number of nitrogens with two attached hydrogens (primary N) is 1. The fourth-order valence-corrected chi connectivity index (χ4v) is 3.07. The van der Waals surface area contributed by atoms with Gasteiger partial charge >= 0.3 is 5.97 Å². The normalized spacial score (nSPS) is 16.0. The van der Waals surface area contributed by atoms with Crippen molar-refractivity contribution in [3.8, 4) is 11.8 Å². The number of hydrogen-bond donors (Lipinski definition) is 3. The van der Waals surface area contributed by atoms with E-state index in [0.717, 1.165) is 35.1 Å². The van der Waals surface area contributed by atoms with E-state index in [1.807, 2.05) is 18.2 Å². The van der Waals surface area contributed by atoms with Crippen molar-refractivity contribution in [2.45, 2.75) is 19.3 Å². The molecule has 1 aromatic rings. The van der Waals surface area contributed by atoms with Crippen LogP contribution in [-0.4, -0.2) is 40.8 Å². The van der Waals surface area contributed by atoms with Crippen molar-refractivity contribution in [2.75, 3.05) is 13.1 Å². The minimum absolute atomic E-state index is 0.0793. The highest BCUT2D eigenvalue weighted by Gasteiger charge is 2.25. The Bertz CT molecular complexity index is 916. The molecule has 0 atom stereocenters. The summed E-state index contributed by atoms with van der Waals surface area (Å²) in [6.07, 6.45) is 6.04. The average Bonchev–Trinajstić information content (AvgIpc) is 2.62. The second-order valence-corrected chi connectivity index (χ2v) is 6.27. The monoisotopic (exact) mass is 349 g/mol. The van der Waals surface area contributed by atoms with Gasteiger partial charge in [-0.15, -0.1) is 0 Å². The summed E-state index contributed by atoms with van der Waals surface area (Å²) in [5.74, 6) is 4.99. The number of amidine groups is 1. The number of hydrogen-bond acceptors (Lipinski definition) is 3. The number of fused-ring (bicyclic) bond motifs is 1. The van der Waals surface area contributed by atoms with Crippen molar-refractivity contribution in [3.05, 3.63) is 58.2 Å². The number of nitrogens with zero attached hydrogens (tertiary/aromatic N) is 1. The van der Waals surface area contributed by atoms with Crippen LogP contribution in [0.3, 0.4) is 0 Å². The van der Waals surface area contributed by atoms with Crippen molar-refractivity contribution < 1.29 is 14.7 Å². The van der Waals surface area contributed by atoms with Crippen LogP contribution in [0.15, 0.2) is 41.5 Å². The second kappa shape index (κ2) is 7.28. The Morgan fingerprint density at radius 1 is 1.31 bits per heavy atom. The Labute approximate surface area is 151 Å². The molecule has 2 aliphatic rings. The van der Waals surface area contributed by atoms with Gasteiger partial charge in [0.2, 0.25) is 0 Å². The van der Waals surface area contributed by atoms with Crippen LogP contribution in [0.5, 0.6) is 0 Å². The van der Waals surface area contributed by atoms with E-state index in [2.05, 4.69) is 11.8 Å². The SMILES string of the molecule is N=C(N)C1=CC(C#Cc2ccc3c(c2)CCN(CC(=O)O)C3=O)=CCC1. The van der Waals surface area contributed by atoms with E-state index < -0.39 is 5.97 Å². The third-order valence-electron chi connectivity index (χ3n) is 4.40. The predicted molar refractivity (Wildman–Crippen MR) is 97.9 cm³/mol. The molecular weight excluding hydrogens is 330 g/mol. The summed E-state index contributed by atoms with van der Waals surface area (Å²) in [6.45, 7) is 0.115. The first-order valence-electron chi connectivity index (χ1n) is 8.35. The van der Waals surface area contributed by atoms with Gasteiger partial charge in [0.15, 0.2) is 0 Å². The molecule has 0 radical (unpaired) electrons. The van der Waals surface area contributed by atoms with Gasteiger partial charge in [-0.2, -0.15) is 0 Å². The van der Waals surface area contributed by atoms with E-state index in [0.29, 0.717) is 18.5 Å². The van der Waals surface area contributed by atoms with Gasteiger partial charge < -0.3 is 15.7 Å². The van der Waals surface area contributed by atoms with Gasteiger partial charge in [0.1, 0.15) is 12.4 Å². The van der Waals surface area contributed by atoms with Gasteiger partial charge in [-0.3, -0.25) is 15.0 Å². The maximum atomic E-state index is 12.3. The van der Waals surface area contributed by atoms with Crippen LogP contribution >= 0.6 is 0 Å². The third-order valence-corrected chi connectivity index (χ3v) is 4.40. The van der Waals surface area contributed by atoms with Crippen molar-refractivity contribution in [2.24, 2.45) is 5.73 Å². The molecule has 6 heteroatoms. The second-order valence-electron chi connectivity index (χ2n) is 6.27. The fourth-order valence-electron chi connectivity index (χ4n) is 3.07. The van der Waals surface area contributed by atoms with E-state index in [9.17, 15) is 9.59 Å². The lowest BCUT2D eigenvalue weighted by molar-refractivity contribution is -0.137. The number of carbonyl (C=O) groups is 2. The van der Waals surface area contributed by atoms with Gasteiger partial charge in [0.05, 0.1) is 0 Å². The summed E-state index contributed by atoms with van der Waals surface area (Å²) < 4.78 is 0. The highest BCUT2D eigenvalue weighted by atomic mass is 16.4. The summed E-state index contributed by atoms with van der Waals surface area (Å²) in [4.78, 5) is 24.5. The highest BCUT2D eigenvalue weighted by Crippen LogP contribution is 2.21. The number of carbonyl (C=O) groups excluding carboxylic acids is 1. The molecule has 0 saturated heterocycles. The summed E-state index contributed by atoms with van der Waals surface area (Å²) in [5.41, 5.74) is 9.40. The Kier molecular flexibility index (Phi) is 4.90. The zero-order valence-electron chi connectivity index (χ0n) is 14.2. The van der Waals surface area contributed by atoms with E-state index in [1.54, 1.807) is 12.1 Å². The van der Waals surface area contributed by atoms with Crippen molar-refractivity contribution in [1.82, 2.24) is 4.90 Å². The van der Waals surface area contributed by atoms with Crippen LogP contribution < -0.4 is 5.73 Å². The number of carboxylic acid groups (broad SMARTS) is 1. The third kappa shape index (κ3) is 3.83. The lowest BCUT2D eigenvalue weighted by atomic mass is 9.96. The van der Waals surface area contributed by atoms with Crippen LogP contribution in [0.4, 0.5) is 0 Å². The number of aliphatic carboxylic acids is 1. The molecule has 1 aromatic carbocycles. The molecule has 1 heterocycles. The quantitative estimate of drug-likeness (QED) is 0.438. The summed E-state index contributed by atoms with van der Waals surface area (Å²) in [6, 6.07) is 5.37. The molecule has 132 valence electrons. The first kappa shape index (κ1) is 17.5. The first-order chi connectivity index (χ1) is 12.4. The van der Waals surface area contributed by atoms with E-state index in [-0.39, 0.29) is 18.3 Å². The standard InChI is InChI=1S/C20H19N3O3/c21-19(22)16-3-1-2-13(11-16)4-5-14-6-7-17-15(10-14)8-9-23(20(17)26)12-18(24)25/h2,6-7,10-11H,1,3,8-9,12H2,(H3,21,22)(H,24,25). The number of nitrogens with one attached hydrogen (secondary N) is 1. The van der Waals surface area contributed by atoms with Crippen LogP contribution in [0, 0.1) is 17.3 Å². The molecule has 6 nitrogen and oxygen atoms in total. The Balaban J connectivity index is 1.80. The molecule has 1 aliphatic carbocycles. The van der Waals surface area contributed by atoms with E-state index >= 15 is 0 Å². The van der Waals surface area contributed by atoms with Crippen LogP contribution in [-0.2, 0) is 11.2 Å². The van der Waals surface area contributed by atoms with Crippen molar-refractivity contribution in [3.63, 3.8) is 0 Å². The molecule has 0 unspecified atom stereocenters. The predicted octanol–water partition coefficient (Wildman–Crippen LogP) is 1.70. The van der Waals surface area contributed by atoms with Gasteiger partial charge in [-0.25, -0.2) is 0 Å². The number of benzene rings is 1. The lowest BCUT2D eigenvalue weighted by Gasteiger charge is -2.27. The van der Waals surface area contributed by atoms with Crippen LogP contribution in [0.1, 0.15) is 34.3 Å². The van der Waals surface area contributed by atoms with Crippen molar-refractivity contribution >= 4 is 17.7 Å². The summed E-state index contributed by atoms with van der Waals surface area (Å²) in [7, 11) is 0. The molecule has 3 rings (SSSR count). The van der Waals surface area contributed by atoms with E-state index in [1.165, 1.54) is 4.90 Å². The zero-order chi connectivity index (χ0) is 18.7. The maximum absolute atomic E-state index is 12.3. The molecule has 1 aliphatic heterocycles. The molecule has 0 saturated carbocycles. The first-order valence-corrected chi connectivity index (χ1v) is 8.35. The molecular formula is C20H19N3O3. The average molecular weight is 349 g/mol. The molecule has 26 heavy (non-hydrogen) atoms. The Morgan fingerprint density at radius 2 is 2.12 bits per heavy atom. The van der Waals surface area contributed by atoms with Crippen molar-refractivity contribution in [1.29, 1.82) is 5.41 Å². The molecule has 0 fully saturated rings. The maximum Gasteiger partial charge on any atom is 0.323 e. The highest BCUT2D eigenvalue weighted by molar-refractivity contribution is 5.98. The molecule has 0 spiro atoms. The van der Waals surface area contributed by atoms with Crippen LogP contribution in [0.2, 0.25) is 0 Å². The minimum Gasteiger partial charge on any atom is -0.480 e. The molecule has 1 amide bonds. The molecule has 4 N–H and O–H groups in total. The Hall–Kier alpha value is -3.33. The molecule has 0 bridgehead atoms. The zero-order valence-corrected chi connectivity index (χ0v) is 14.2. The fraction of sp³-hybridized carbons (Fsp3) is 0.250. The lowest BCUT2D eigenvalue weighted by Crippen LogP contribution is -2.40. The molecule has 0 aromatic heterocycles. The minimum atomic E-state index is -1.01. The number of rotatable bonds is 3. The number of allylic oxidation sites excluding steroid dienone is 3. The summed E-state index contributed by atoms with van der Waals surface area (Å²) in [5, 5.41) is 16.4. The largest absolute Gasteiger partial charge is 0.480 e. The van der Waals surface area contributed by atoms with Crippen LogP contribution in [0.25, 0.3) is 0 Å². The Morgan fingerprint density at radius 3 is 2.85 bits per heavy atom.